The highest BCUT2D eigenvalue weighted by atomic mass is 35.5. The number of nitrogens with one attached hydrogen (secondary N) is 2. The van der Waals surface area contributed by atoms with Gasteiger partial charge in [-0.05, 0) is 31.4 Å². The molecule has 1 unspecified atom stereocenters. The molecule has 1 fully saturated rings. The van der Waals surface area contributed by atoms with Crippen LogP contribution in [0.2, 0.25) is 5.02 Å². The van der Waals surface area contributed by atoms with Crippen molar-refractivity contribution in [2.75, 3.05) is 11.9 Å². The Bertz CT molecular complexity index is 1120. The van der Waals surface area contributed by atoms with Crippen LogP contribution < -0.4 is 16.2 Å². The maximum atomic E-state index is 12.9. The van der Waals surface area contributed by atoms with Crippen LogP contribution in [-0.4, -0.2) is 33.0 Å². The normalized spacial score (nSPS) is 16.1. The van der Waals surface area contributed by atoms with Crippen molar-refractivity contribution in [2.24, 2.45) is 7.05 Å². The highest BCUT2D eigenvalue weighted by molar-refractivity contribution is 6.33. The molecule has 1 atom stereocenters. The van der Waals surface area contributed by atoms with Gasteiger partial charge in [0.1, 0.15) is 11.7 Å². The number of carbonyl (C=O) groups excluding carboxylic acids is 1. The topological polar surface area (TPSA) is 88.9 Å². The fourth-order valence-electron chi connectivity index (χ4n) is 3.42. The molecule has 160 valence electrons. The van der Waals surface area contributed by atoms with Gasteiger partial charge < -0.3 is 10.6 Å². The average Bonchev–Trinajstić information content (AvgIpc) is 2.90. The monoisotopic (exact) mass is 449 g/mol. The lowest BCUT2D eigenvalue weighted by molar-refractivity contribution is -0.121. The summed E-state index contributed by atoms with van der Waals surface area (Å²) in [5, 5.41) is 7.20. The highest BCUT2D eigenvalue weighted by Crippen LogP contribution is 2.27. The van der Waals surface area contributed by atoms with Gasteiger partial charge in [0.15, 0.2) is 0 Å². The first-order chi connectivity index (χ1) is 13.5. The predicted molar refractivity (Wildman–Crippen MR) is 123 cm³/mol. The van der Waals surface area contributed by atoms with Crippen molar-refractivity contribution in [1.82, 2.24) is 19.9 Å². The van der Waals surface area contributed by atoms with Crippen LogP contribution in [0.4, 0.5) is 5.95 Å². The second-order valence-electron chi connectivity index (χ2n) is 6.86. The molecule has 1 aromatic carbocycles. The predicted octanol–water partition coefficient (Wildman–Crippen LogP) is 3.79. The number of amides is 1. The van der Waals surface area contributed by atoms with E-state index in [9.17, 15) is 9.59 Å². The first kappa shape index (κ1) is 23.6. The Morgan fingerprint density at radius 1 is 1.20 bits per heavy atom. The number of aryl methyl sites for hydroxylation is 1. The first-order valence-electron chi connectivity index (χ1n) is 9.20. The summed E-state index contributed by atoms with van der Waals surface area (Å²) >= 11 is 6.27. The molecule has 1 aliphatic heterocycles. The number of carbonyl (C=O) groups is 1. The van der Waals surface area contributed by atoms with E-state index in [1.54, 1.807) is 25.4 Å². The highest BCUT2D eigenvalue weighted by Gasteiger charge is 2.21. The smallest absolute Gasteiger partial charge is 0.259 e. The third-order valence-corrected chi connectivity index (χ3v) is 5.28. The SMILES string of the molecule is C.Cl.Cn1c(=O)c(-c2ccccc2Cl)cc2cnc(NC3CCCCNC3=O)nc21. The maximum Gasteiger partial charge on any atom is 0.259 e. The van der Waals surface area contributed by atoms with Crippen LogP contribution in [0.3, 0.4) is 0 Å². The largest absolute Gasteiger partial charge is 0.354 e. The summed E-state index contributed by atoms with van der Waals surface area (Å²) in [6.07, 6.45) is 4.28. The van der Waals surface area contributed by atoms with Crippen LogP contribution in [0.15, 0.2) is 41.3 Å². The van der Waals surface area contributed by atoms with E-state index < -0.39 is 0 Å². The Kier molecular flexibility index (Phi) is 7.81. The first-order valence-corrected chi connectivity index (χ1v) is 9.58. The zero-order valence-electron chi connectivity index (χ0n) is 15.8. The van der Waals surface area contributed by atoms with Crippen LogP contribution in [0, 0.1) is 0 Å². The van der Waals surface area contributed by atoms with E-state index in [1.807, 2.05) is 18.2 Å². The van der Waals surface area contributed by atoms with Gasteiger partial charge in [-0.3, -0.25) is 14.2 Å². The van der Waals surface area contributed by atoms with Gasteiger partial charge in [-0.15, -0.1) is 12.4 Å². The summed E-state index contributed by atoms with van der Waals surface area (Å²) in [4.78, 5) is 33.9. The number of anilines is 1. The van der Waals surface area contributed by atoms with Gasteiger partial charge in [-0.2, -0.15) is 4.98 Å². The van der Waals surface area contributed by atoms with Crippen molar-refractivity contribution in [1.29, 1.82) is 0 Å². The van der Waals surface area contributed by atoms with E-state index in [0.717, 1.165) is 19.3 Å². The van der Waals surface area contributed by atoms with Gasteiger partial charge in [0, 0.05) is 41.3 Å². The molecule has 2 aromatic heterocycles. The van der Waals surface area contributed by atoms with Gasteiger partial charge in [-0.25, -0.2) is 4.98 Å². The molecule has 3 heterocycles. The molecule has 30 heavy (non-hydrogen) atoms. The zero-order valence-corrected chi connectivity index (χ0v) is 17.4. The minimum atomic E-state index is -0.376. The van der Waals surface area contributed by atoms with Crippen molar-refractivity contribution in [3.8, 4) is 11.1 Å². The molecule has 0 saturated carbocycles. The van der Waals surface area contributed by atoms with Crippen molar-refractivity contribution in [3.63, 3.8) is 0 Å². The minimum Gasteiger partial charge on any atom is -0.354 e. The Balaban J connectivity index is 0.00000160. The lowest BCUT2D eigenvalue weighted by Gasteiger charge is -2.16. The minimum absolute atomic E-state index is 0. The van der Waals surface area contributed by atoms with E-state index in [0.29, 0.717) is 39.7 Å². The average molecular weight is 450 g/mol. The Morgan fingerprint density at radius 3 is 2.73 bits per heavy atom. The van der Waals surface area contributed by atoms with Crippen LogP contribution in [-0.2, 0) is 11.8 Å². The summed E-state index contributed by atoms with van der Waals surface area (Å²) in [7, 11) is 1.67. The second-order valence-corrected chi connectivity index (χ2v) is 7.27. The molecule has 0 radical (unpaired) electrons. The summed E-state index contributed by atoms with van der Waals surface area (Å²) < 4.78 is 1.48. The van der Waals surface area contributed by atoms with Gasteiger partial charge in [0.05, 0.1) is 0 Å². The van der Waals surface area contributed by atoms with E-state index in [1.165, 1.54) is 4.57 Å². The summed E-state index contributed by atoms with van der Waals surface area (Å²) in [6, 6.07) is 8.60. The number of hydrogen-bond donors (Lipinski definition) is 2. The molecule has 9 heteroatoms. The van der Waals surface area contributed by atoms with E-state index in [2.05, 4.69) is 20.6 Å². The molecular weight excluding hydrogens is 425 g/mol. The molecule has 1 saturated heterocycles. The lowest BCUT2D eigenvalue weighted by atomic mass is 10.1. The zero-order chi connectivity index (χ0) is 19.7. The molecule has 3 aromatic rings. The van der Waals surface area contributed by atoms with Gasteiger partial charge in [0.2, 0.25) is 11.9 Å². The summed E-state index contributed by atoms with van der Waals surface area (Å²) in [6.45, 7) is 0.689. The molecule has 7 nitrogen and oxygen atoms in total. The maximum absolute atomic E-state index is 12.9. The molecule has 0 aliphatic carbocycles. The Morgan fingerprint density at radius 2 is 1.97 bits per heavy atom. The molecule has 2 N–H and O–H groups in total. The van der Waals surface area contributed by atoms with Gasteiger partial charge in [-0.1, -0.05) is 37.2 Å². The number of nitrogens with zero attached hydrogens (tertiary/aromatic N) is 3. The number of fused-ring (bicyclic) bond motifs is 1. The van der Waals surface area contributed by atoms with Crippen molar-refractivity contribution in [3.05, 3.63) is 51.9 Å². The van der Waals surface area contributed by atoms with Crippen LogP contribution in [0.1, 0.15) is 26.7 Å². The molecule has 0 bridgehead atoms. The number of rotatable bonds is 3. The number of benzene rings is 1. The van der Waals surface area contributed by atoms with Crippen LogP contribution in [0.5, 0.6) is 0 Å². The molecule has 0 spiro atoms. The molecule has 1 amide bonds. The quantitative estimate of drug-likeness (QED) is 0.634. The lowest BCUT2D eigenvalue weighted by Crippen LogP contribution is -2.38. The third kappa shape index (κ3) is 4.57. The number of hydrogen-bond acceptors (Lipinski definition) is 5. The third-order valence-electron chi connectivity index (χ3n) is 4.95. The fourth-order valence-corrected chi connectivity index (χ4v) is 3.66. The Hall–Kier alpha value is -2.64. The number of halogens is 2. The van der Waals surface area contributed by atoms with E-state index in [-0.39, 0.29) is 37.3 Å². The van der Waals surface area contributed by atoms with Crippen molar-refractivity contribution >= 4 is 46.9 Å². The standard InChI is InChI=1S/C20H20ClN5O2.CH4.ClH/c1-26-17-12(10-14(19(26)28)13-6-2-3-7-15(13)21)11-23-20(25-17)24-16-8-4-5-9-22-18(16)27;;/h2-3,6-7,10-11,16H,4-5,8-9H2,1H3,(H,22,27)(H,23,24,25);1H4;1H. The van der Waals surface area contributed by atoms with E-state index >= 15 is 0 Å². The van der Waals surface area contributed by atoms with Gasteiger partial charge in [0.25, 0.3) is 5.56 Å². The summed E-state index contributed by atoms with van der Waals surface area (Å²) in [5.41, 5.74) is 1.46. The van der Waals surface area contributed by atoms with Gasteiger partial charge >= 0.3 is 0 Å². The number of pyridine rings is 1. The molecular formula is C21H25Cl2N5O2. The second kappa shape index (κ2) is 9.91. The van der Waals surface area contributed by atoms with E-state index in [4.69, 9.17) is 11.6 Å². The molecule has 4 rings (SSSR count). The van der Waals surface area contributed by atoms with Crippen molar-refractivity contribution in [2.45, 2.75) is 32.7 Å². The number of aromatic nitrogens is 3. The summed E-state index contributed by atoms with van der Waals surface area (Å²) in [5.74, 6) is 0.277. The van der Waals surface area contributed by atoms with Crippen molar-refractivity contribution < 1.29 is 4.79 Å². The van der Waals surface area contributed by atoms with Crippen LogP contribution in [0.25, 0.3) is 22.2 Å². The van der Waals surface area contributed by atoms with Crippen LogP contribution >= 0.6 is 24.0 Å². The molecule has 1 aliphatic rings. The Labute approximate surface area is 186 Å². The fraction of sp³-hybridized carbons (Fsp3) is 0.333.